The van der Waals surface area contributed by atoms with E-state index in [-0.39, 0.29) is 28.0 Å². The van der Waals surface area contributed by atoms with Gasteiger partial charge in [-0.2, -0.15) is 0 Å². The highest BCUT2D eigenvalue weighted by atomic mass is 35.5. The van der Waals surface area contributed by atoms with E-state index in [4.69, 9.17) is 23.2 Å². The summed E-state index contributed by atoms with van der Waals surface area (Å²) in [6.07, 6.45) is 3.03. The van der Waals surface area contributed by atoms with Gasteiger partial charge in [-0.05, 0) is 42.7 Å². The van der Waals surface area contributed by atoms with Crippen LogP contribution >= 0.6 is 23.2 Å². The molecular weight excluding hydrogens is 361 g/mol. The second-order valence-electron chi connectivity index (χ2n) is 6.00. The minimum absolute atomic E-state index is 0.0634. The van der Waals surface area contributed by atoms with Gasteiger partial charge in [0.25, 0.3) is 5.91 Å². The molecule has 1 aromatic carbocycles. The molecule has 2 N–H and O–H groups in total. The summed E-state index contributed by atoms with van der Waals surface area (Å²) in [5.41, 5.74) is 1.96. The van der Waals surface area contributed by atoms with Crippen LogP contribution in [-0.4, -0.2) is 16.8 Å². The van der Waals surface area contributed by atoms with Crippen molar-refractivity contribution in [1.29, 1.82) is 0 Å². The van der Waals surface area contributed by atoms with Gasteiger partial charge in [0.05, 0.1) is 0 Å². The summed E-state index contributed by atoms with van der Waals surface area (Å²) in [7, 11) is 0. The second kappa shape index (κ2) is 7.85. The molecular formula is C18H17Cl2N3O2. The van der Waals surface area contributed by atoms with Crippen molar-refractivity contribution in [3.63, 3.8) is 0 Å². The Labute approximate surface area is 155 Å². The van der Waals surface area contributed by atoms with E-state index in [1.54, 1.807) is 0 Å². The number of hydrogen-bond donors (Lipinski definition) is 2. The maximum atomic E-state index is 12.2. The molecule has 2 amide bonds. The number of carbonyl (C=O) groups is 2. The molecule has 1 fully saturated rings. The Morgan fingerprint density at radius 3 is 2.48 bits per heavy atom. The van der Waals surface area contributed by atoms with Crippen molar-refractivity contribution in [3.05, 3.63) is 57.8 Å². The molecule has 5 nitrogen and oxygen atoms in total. The van der Waals surface area contributed by atoms with Crippen LogP contribution in [0.15, 0.2) is 36.4 Å². The first-order valence-electron chi connectivity index (χ1n) is 8.02. The third-order valence-corrected chi connectivity index (χ3v) is 4.54. The summed E-state index contributed by atoms with van der Waals surface area (Å²) < 4.78 is 0. The van der Waals surface area contributed by atoms with Crippen molar-refractivity contribution in [2.24, 2.45) is 5.92 Å². The standard InChI is InChI=1S/C18H17Cl2N3O2/c19-15-8-13(9-16(20)23-15)17(24)21-10-11-3-1-6-14(7-11)22-18(25)12-4-2-5-12/h1,3,6-9,12H,2,4-5,10H2,(H,21,24)(H,22,25). The quantitative estimate of drug-likeness (QED) is 0.771. The van der Waals surface area contributed by atoms with Gasteiger partial charge < -0.3 is 10.6 Å². The number of aromatic nitrogens is 1. The van der Waals surface area contributed by atoms with Gasteiger partial charge in [0.2, 0.25) is 5.91 Å². The topological polar surface area (TPSA) is 71.1 Å². The molecule has 0 radical (unpaired) electrons. The first-order valence-corrected chi connectivity index (χ1v) is 8.78. The minimum Gasteiger partial charge on any atom is -0.348 e. The van der Waals surface area contributed by atoms with Crippen molar-refractivity contribution in [2.75, 3.05) is 5.32 Å². The molecule has 25 heavy (non-hydrogen) atoms. The van der Waals surface area contributed by atoms with E-state index >= 15 is 0 Å². The maximum Gasteiger partial charge on any atom is 0.251 e. The molecule has 7 heteroatoms. The van der Waals surface area contributed by atoms with Gasteiger partial charge in [0.15, 0.2) is 0 Å². The Hall–Kier alpha value is -2.11. The first kappa shape index (κ1) is 17.7. The molecule has 2 aromatic rings. The van der Waals surface area contributed by atoms with Crippen LogP contribution in [0.1, 0.15) is 35.2 Å². The molecule has 1 aromatic heterocycles. The Bertz CT molecular complexity index is 786. The number of nitrogens with one attached hydrogen (secondary N) is 2. The molecule has 1 saturated carbocycles. The van der Waals surface area contributed by atoms with E-state index in [1.807, 2.05) is 24.3 Å². The monoisotopic (exact) mass is 377 g/mol. The number of nitrogens with zero attached hydrogens (tertiary/aromatic N) is 1. The fraction of sp³-hybridized carbons (Fsp3) is 0.278. The number of benzene rings is 1. The van der Waals surface area contributed by atoms with E-state index in [1.165, 1.54) is 12.1 Å². The molecule has 0 atom stereocenters. The van der Waals surface area contributed by atoms with Crippen molar-refractivity contribution in [3.8, 4) is 0 Å². The van der Waals surface area contributed by atoms with Gasteiger partial charge in [-0.3, -0.25) is 9.59 Å². The first-order chi connectivity index (χ1) is 12.0. The fourth-order valence-electron chi connectivity index (χ4n) is 2.55. The number of hydrogen-bond acceptors (Lipinski definition) is 3. The highest BCUT2D eigenvalue weighted by molar-refractivity contribution is 6.33. The lowest BCUT2D eigenvalue weighted by molar-refractivity contribution is -0.122. The smallest absolute Gasteiger partial charge is 0.251 e. The maximum absolute atomic E-state index is 12.2. The highest BCUT2D eigenvalue weighted by Crippen LogP contribution is 2.27. The van der Waals surface area contributed by atoms with Crippen molar-refractivity contribution < 1.29 is 9.59 Å². The molecule has 1 aliphatic carbocycles. The zero-order valence-corrected chi connectivity index (χ0v) is 14.9. The zero-order chi connectivity index (χ0) is 17.8. The van der Waals surface area contributed by atoms with Gasteiger partial charge >= 0.3 is 0 Å². The van der Waals surface area contributed by atoms with E-state index in [2.05, 4.69) is 15.6 Å². The van der Waals surface area contributed by atoms with Crippen LogP contribution in [0.25, 0.3) is 0 Å². The average molecular weight is 378 g/mol. The van der Waals surface area contributed by atoms with Crippen molar-refractivity contribution in [2.45, 2.75) is 25.8 Å². The molecule has 1 heterocycles. The minimum atomic E-state index is -0.296. The summed E-state index contributed by atoms with van der Waals surface area (Å²) in [5, 5.41) is 6.05. The lowest BCUT2D eigenvalue weighted by Crippen LogP contribution is -2.28. The van der Waals surface area contributed by atoms with Crippen LogP contribution in [-0.2, 0) is 11.3 Å². The van der Waals surface area contributed by atoms with Gasteiger partial charge in [0, 0.05) is 23.7 Å². The number of amides is 2. The lowest BCUT2D eigenvalue weighted by Gasteiger charge is -2.24. The molecule has 0 aliphatic heterocycles. The number of carbonyl (C=O) groups excluding carboxylic acids is 2. The predicted octanol–water partition coefficient (Wildman–Crippen LogP) is 4.06. The van der Waals surface area contributed by atoms with Crippen LogP contribution < -0.4 is 10.6 Å². The van der Waals surface area contributed by atoms with E-state index in [9.17, 15) is 9.59 Å². The average Bonchev–Trinajstić information content (AvgIpc) is 2.50. The SMILES string of the molecule is O=C(NCc1cccc(NC(=O)C2CCC2)c1)c1cc(Cl)nc(Cl)c1. The van der Waals surface area contributed by atoms with Crippen LogP contribution in [0.4, 0.5) is 5.69 Å². The van der Waals surface area contributed by atoms with Gasteiger partial charge in [0.1, 0.15) is 10.3 Å². The molecule has 0 saturated heterocycles. The summed E-state index contributed by atoms with van der Waals surface area (Å²) in [6, 6.07) is 10.3. The largest absolute Gasteiger partial charge is 0.348 e. The fourth-order valence-corrected chi connectivity index (χ4v) is 3.01. The van der Waals surface area contributed by atoms with Crippen molar-refractivity contribution >= 4 is 40.7 Å². The van der Waals surface area contributed by atoms with Crippen molar-refractivity contribution in [1.82, 2.24) is 10.3 Å². The van der Waals surface area contributed by atoms with Crippen LogP contribution in [0, 0.1) is 5.92 Å². The number of anilines is 1. The predicted molar refractivity (Wildman–Crippen MR) is 97.8 cm³/mol. The van der Waals surface area contributed by atoms with Crippen LogP contribution in [0.3, 0.4) is 0 Å². The molecule has 0 unspecified atom stereocenters. The number of rotatable bonds is 5. The lowest BCUT2D eigenvalue weighted by atomic mass is 9.85. The Morgan fingerprint density at radius 1 is 1.12 bits per heavy atom. The Morgan fingerprint density at radius 2 is 1.84 bits per heavy atom. The third-order valence-electron chi connectivity index (χ3n) is 4.15. The van der Waals surface area contributed by atoms with Crippen LogP contribution in [0.2, 0.25) is 10.3 Å². The number of pyridine rings is 1. The van der Waals surface area contributed by atoms with Gasteiger partial charge in [-0.15, -0.1) is 0 Å². The molecule has 130 valence electrons. The van der Waals surface area contributed by atoms with Crippen LogP contribution in [0.5, 0.6) is 0 Å². The van der Waals surface area contributed by atoms with E-state index in [0.717, 1.165) is 30.5 Å². The molecule has 3 rings (SSSR count). The molecule has 1 aliphatic rings. The van der Waals surface area contributed by atoms with E-state index in [0.29, 0.717) is 12.1 Å². The Balaban J connectivity index is 1.60. The molecule has 0 spiro atoms. The second-order valence-corrected chi connectivity index (χ2v) is 6.78. The van der Waals surface area contributed by atoms with Gasteiger partial charge in [-0.1, -0.05) is 41.8 Å². The summed E-state index contributed by atoms with van der Waals surface area (Å²) >= 11 is 11.6. The van der Waals surface area contributed by atoms with E-state index < -0.39 is 0 Å². The highest BCUT2D eigenvalue weighted by Gasteiger charge is 2.25. The zero-order valence-electron chi connectivity index (χ0n) is 13.4. The Kier molecular flexibility index (Phi) is 5.56. The molecule has 0 bridgehead atoms. The summed E-state index contributed by atoms with van der Waals surface area (Å²) in [6.45, 7) is 0.323. The normalized spacial score (nSPS) is 13.8. The van der Waals surface area contributed by atoms with Gasteiger partial charge in [-0.25, -0.2) is 4.98 Å². The third kappa shape index (κ3) is 4.71. The summed E-state index contributed by atoms with van der Waals surface area (Å²) in [4.78, 5) is 28.0. The number of halogens is 2. The summed E-state index contributed by atoms with van der Waals surface area (Å²) in [5.74, 6) is -0.104.